The number of aryl methyl sites for hydroxylation is 1. The lowest BCUT2D eigenvalue weighted by Crippen LogP contribution is -2.13. The second-order valence-electron chi connectivity index (χ2n) is 5.19. The van der Waals surface area contributed by atoms with Crippen LogP contribution >= 0.6 is 27.3 Å². The van der Waals surface area contributed by atoms with Crippen molar-refractivity contribution in [1.82, 2.24) is 24.7 Å². The summed E-state index contributed by atoms with van der Waals surface area (Å²) in [4.78, 5) is 13.2. The third kappa shape index (κ3) is 2.67. The molecule has 0 aliphatic carbocycles. The number of nitrogens with one attached hydrogen (secondary N) is 1. The van der Waals surface area contributed by atoms with Gasteiger partial charge in [-0.15, -0.1) is 11.3 Å². The number of anilines is 1. The SMILES string of the molecule is Cn1nc(Br)c2c(NC(c3ccccc3)c3nccs3)ncnc21. The van der Waals surface area contributed by atoms with Crippen LogP contribution in [-0.2, 0) is 7.05 Å². The van der Waals surface area contributed by atoms with Gasteiger partial charge >= 0.3 is 0 Å². The molecule has 0 saturated heterocycles. The lowest BCUT2D eigenvalue weighted by atomic mass is 10.1. The monoisotopic (exact) mass is 400 g/mol. The van der Waals surface area contributed by atoms with E-state index in [1.165, 1.54) is 0 Å². The van der Waals surface area contributed by atoms with Crippen LogP contribution in [0.1, 0.15) is 16.6 Å². The van der Waals surface area contributed by atoms with Crippen molar-refractivity contribution >= 4 is 44.1 Å². The van der Waals surface area contributed by atoms with Crippen LogP contribution in [0, 0.1) is 0 Å². The van der Waals surface area contributed by atoms with E-state index < -0.39 is 0 Å². The molecule has 0 amide bonds. The standard InChI is InChI=1S/C16H13BrN6S/c1-23-15-11(13(17)22-23)14(19-9-20-15)21-12(16-18-7-8-24-16)10-5-3-2-4-6-10/h2-9,12H,1H3,(H,19,20,21). The minimum atomic E-state index is -0.0867. The number of rotatable bonds is 4. The molecule has 3 heterocycles. The summed E-state index contributed by atoms with van der Waals surface area (Å²) in [7, 11) is 1.86. The minimum absolute atomic E-state index is 0.0867. The van der Waals surface area contributed by atoms with Gasteiger partial charge in [0.25, 0.3) is 0 Å². The molecule has 3 aromatic heterocycles. The zero-order valence-electron chi connectivity index (χ0n) is 12.7. The molecule has 0 saturated carbocycles. The van der Waals surface area contributed by atoms with Crippen LogP contribution in [0.3, 0.4) is 0 Å². The van der Waals surface area contributed by atoms with Gasteiger partial charge in [-0.05, 0) is 21.5 Å². The van der Waals surface area contributed by atoms with Crippen LogP contribution in [0.25, 0.3) is 11.0 Å². The molecule has 1 unspecified atom stereocenters. The summed E-state index contributed by atoms with van der Waals surface area (Å²) in [5.41, 5.74) is 1.89. The fourth-order valence-corrected chi connectivity index (χ4v) is 3.91. The fraction of sp³-hybridized carbons (Fsp3) is 0.125. The van der Waals surface area contributed by atoms with Gasteiger partial charge in [-0.3, -0.25) is 0 Å². The Bertz CT molecular complexity index is 967. The lowest BCUT2D eigenvalue weighted by molar-refractivity contribution is 0.777. The molecule has 8 heteroatoms. The molecule has 1 aromatic carbocycles. The van der Waals surface area contributed by atoms with Gasteiger partial charge in [0, 0.05) is 18.6 Å². The highest BCUT2D eigenvalue weighted by Gasteiger charge is 2.20. The average molecular weight is 401 g/mol. The highest BCUT2D eigenvalue weighted by molar-refractivity contribution is 9.10. The van der Waals surface area contributed by atoms with Crippen LogP contribution in [0.4, 0.5) is 5.82 Å². The Morgan fingerprint density at radius 3 is 2.75 bits per heavy atom. The van der Waals surface area contributed by atoms with Gasteiger partial charge in [-0.2, -0.15) is 5.10 Å². The second kappa shape index (κ2) is 6.29. The normalized spacial score (nSPS) is 12.4. The first-order chi connectivity index (χ1) is 11.7. The maximum Gasteiger partial charge on any atom is 0.164 e. The van der Waals surface area contributed by atoms with Crippen molar-refractivity contribution in [2.75, 3.05) is 5.32 Å². The van der Waals surface area contributed by atoms with Gasteiger partial charge in [0.1, 0.15) is 27.8 Å². The highest BCUT2D eigenvalue weighted by atomic mass is 79.9. The smallest absolute Gasteiger partial charge is 0.164 e. The Morgan fingerprint density at radius 2 is 2.00 bits per heavy atom. The first kappa shape index (κ1) is 15.2. The summed E-state index contributed by atoms with van der Waals surface area (Å²) >= 11 is 5.11. The van der Waals surface area contributed by atoms with E-state index >= 15 is 0 Å². The predicted molar refractivity (Wildman–Crippen MR) is 98.0 cm³/mol. The van der Waals surface area contributed by atoms with Crippen molar-refractivity contribution in [1.29, 1.82) is 0 Å². The molecular formula is C16H13BrN6S. The number of fused-ring (bicyclic) bond motifs is 1. The summed E-state index contributed by atoms with van der Waals surface area (Å²) in [5.74, 6) is 0.726. The lowest BCUT2D eigenvalue weighted by Gasteiger charge is -2.18. The molecule has 0 radical (unpaired) electrons. The van der Waals surface area contributed by atoms with E-state index in [4.69, 9.17) is 0 Å². The van der Waals surface area contributed by atoms with Gasteiger partial charge in [-0.25, -0.2) is 19.6 Å². The van der Waals surface area contributed by atoms with E-state index in [0.29, 0.717) is 4.60 Å². The Balaban J connectivity index is 1.82. The number of benzene rings is 1. The molecule has 0 aliphatic heterocycles. The third-order valence-electron chi connectivity index (χ3n) is 3.69. The van der Waals surface area contributed by atoms with Crippen molar-refractivity contribution in [2.24, 2.45) is 7.05 Å². The molecule has 0 spiro atoms. The predicted octanol–water partition coefficient (Wildman–Crippen LogP) is 3.78. The summed E-state index contributed by atoms with van der Waals surface area (Å²) in [6.45, 7) is 0. The van der Waals surface area contributed by atoms with Crippen molar-refractivity contribution in [2.45, 2.75) is 6.04 Å². The summed E-state index contributed by atoms with van der Waals surface area (Å²) in [6, 6.07) is 10.1. The number of nitrogens with zero attached hydrogens (tertiary/aromatic N) is 5. The quantitative estimate of drug-likeness (QED) is 0.564. The molecule has 0 bridgehead atoms. The van der Waals surface area contributed by atoms with Crippen LogP contribution in [-0.4, -0.2) is 24.7 Å². The Labute approximate surface area is 150 Å². The maximum absolute atomic E-state index is 4.48. The molecule has 4 aromatic rings. The molecule has 4 rings (SSSR count). The molecule has 120 valence electrons. The van der Waals surface area contributed by atoms with Crippen molar-refractivity contribution in [3.8, 4) is 0 Å². The third-order valence-corrected chi connectivity index (χ3v) is 5.09. The summed E-state index contributed by atoms with van der Waals surface area (Å²) in [5, 5.41) is 11.7. The Hall–Kier alpha value is -2.32. The van der Waals surface area contributed by atoms with Crippen LogP contribution in [0.2, 0.25) is 0 Å². The van der Waals surface area contributed by atoms with E-state index in [-0.39, 0.29) is 6.04 Å². The number of aromatic nitrogens is 5. The van der Waals surface area contributed by atoms with Crippen molar-refractivity contribution in [3.63, 3.8) is 0 Å². The van der Waals surface area contributed by atoms with Crippen molar-refractivity contribution < 1.29 is 0 Å². The van der Waals surface area contributed by atoms with E-state index in [1.807, 2.05) is 36.8 Å². The van der Waals surface area contributed by atoms with Gasteiger partial charge < -0.3 is 5.32 Å². The second-order valence-corrected chi connectivity index (χ2v) is 6.87. The molecule has 0 aliphatic rings. The highest BCUT2D eigenvalue weighted by Crippen LogP contribution is 2.32. The van der Waals surface area contributed by atoms with Gasteiger partial charge in [0.2, 0.25) is 0 Å². The first-order valence-corrected chi connectivity index (χ1v) is 8.95. The fourth-order valence-electron chi connectivity index (χ4n) is 2.60. The molecule has 6 nitrogen and oxygen atoms in total. The number of hydrogen-bond acceptors (Lipinski definition) is 6. The topological polar surface area (TPSA) is 68.5 Å². The average Bonchev–Trinajstić information content (AvgIpc) is 3.23. The molecule has 24 heavy (non-hydrogen) atoms. The largest absolute Gasteiger partial charge is 0.356 e. The first-order valence-electron chi connectivity index (χ1n) is 7.28. The van der Waals surface area contributed by atoms with Crippen molar-refractivity contribution in [3.05, 3.63) is 63.4 Å². The van der Waals surface area contributed by atoms with Gasteiger partial charge in [0.05, 0.1) is 5.39 Å². The summed E-state index contributed by atoms with van der Waals surface area (Å²) < 4.78 is 2.45. The van der Waals surface area contributed by atoms with Gasteiger partial charge in [-0.1, -0.05) is 30.3 Å². The Kier molecular flexibility index (Phi) is 3.99. The zero-order valence-corrected chi connectivity index (χ0v) is 15.1. The van der Waals surface area contributed by atoms with E-state index in [2.05, 4.69) is 53.4 Å². The molecule has 0 fully saturated rings. The maximum atomic E-state index is 4.48. The van der Waals surface area contributed by atoms with Crippen LogP contribution in [0.5, 0.6) is 0 Å². The molecular weight excluding hydrogens is 388 g/mol. The van der Waals surface area contributed by atoms with Crippen LogP contribution < -0.4 is 5.32 Å². The van der Waals surface area contributed by atoms with E-state index in [1.54, 1.807) is 22.3 Å². The number of halogens is 1. The van der Waals surface area contributed by atoms with Gasteiger partial charge in [0.15, 0.2) is 5.65 Å². The van der Waals surface area contributed by atoms with Crippen LogP contribution in [0.15, 0.2) is 52.8 Å². The zero-order chi connectivity index (χ0) is 16.5. The Morgan fingerprint density at radius 1 is 1.17 bits per heavy atom. The van der Waals surface area contributed by atoms with E-state index in [9.17, 15) is 0 Å². The number of hydrogen-bond donors (Lipinski definition) is 1. The summed E-state index contributed by atoms with van der Waals surface area (Å²) in [6.07, 6.45) is 3.36. The minimum Gasteiger partial charge on any atom is -0.356 e. The molecule has 1 N–H and O–H groups in total. The van der Waals surface area contributed by atoms with E-state index in [0.717, 1.165) is 27.4 Å². The number of thiazole rings is 1. The molecule has 1 atom stereocenters.